The summed E-state index contributed by atoms with van der Waals surface area (Å²) in [5, 5.41) is 27.0. The van der Waals surface area contributed by atoms with Crippen LogP contribution in [0.2, 0.25) is 0 Å². The molecular formula is C15H11Br3N4O4. The minimum atomic E-state index is -0.590. The van der Waals surface area contributed by atoms with Gasteiger partial charge < -0.3 is 10.4 Å². The number of nitro groups is 1. The van der Waals surface area contributed by atoms with Gasteiger partial charge >= 0.3 is 0 Å². The first-order valence-electron chi connectivity index (χ1n) is 6.95. The van der Waals surface area contributed by atoms with Crippen LogP contribution >= 0.6 is 47.8 Å². The number of aromatic hydroxyl groups is 1. The predicted octanol–water partition coefficient (Wildman–Crippen LogP) is 4.15. The van der Waals surface area contributed by atoms with E-state index in [1.165, 1.54) is 12.1 Å². The van der Waals surface area contributed by atoms with Gasteiger partial charge in [0.2, 0.25) is 0 Å². The maximum Gasteiger partial charge on any atom is 0.270 e. The number of rotatable bonds is 6. The van der Waals surface area contributed by atoms with Crippen molar-refractivity contribution in [1.82, 2.24) is 5.43 Å². The summed E-state index contributed by atoms with van der Waals surface area (Å²) in [7, 11) is 0. The van der Waals surface area contributed by atoms with Crippen molar-refractivity contribution in [2.24, 2.45) is 5.10 Å². The Hall–Kier alpha value is -1.98. The number of nitrogens with zero attached hydrogens (tertiary/aromatic N) is 2. The molecule has 26 heavy (non-hydrogen) atoms. The molecule has 0 aliphatic rings. The van der Waals surface area contributed by atoms with Crippen molar-refractivity contribution in [3.8, 4) is 5.75 Å². The van der Waals surface area contributed by atoms with Crippen LogP contribution in [0.25, 0.3) is 0 Å². The third kappa shape index (κ3) is 5.51. The largest absolute Gasteiger partial charge is 0.507 e. The van der Waals surface area contributed by atoms with Gasteiger partial charge in [-0.25, -0.2) is 5.43 Å². The summed E-state index contributed by atoms with van der Waals surface area (Å²) in [6.45, 7) is -0.0584. The lowest BCUT2D eigenvalue weighted by molar-refractivity contribution is -0.384. The molecule has 2 aromatic carbocycles. The smallest absolute Gasteiger partial charge is 0.270 e. The van der Waals surface area contributed by atoms with E-state index < -0.39 is 10.8 Å². The lowest BCUT2D eigenvalue weighted by atomic mass is 10.2. The molecule has 136 valence electrons. The monoisotopic (exact) mass is 548 g/mol. The van der Waals surface area contributed by atoms with Gasteiger partial charge in [0.15, 0.2) is 0 Å². The lowest BCUT2D eigenvalue weighted by Gasteiger charge is -2.10. The van der Waals surface area contributed by atoms with Crippen LogP contribution in [0, 0.1) is 10.1 Å². The van der Waals surface area contributed by atoms with E-state index in [0.29, 0.717) is 5.69 Å². The molecule has 3 N–H and O–H groups in total. The highest BCUT2D eigenvalue weighted by Gasteiger charge is 2.10. The first kappa shape index (κ1) is 20.3. The van der Waals surface area contributed by atoms with Gasteiger partial charge in [-0.3, -0.25) is 14.9 Å². The van der Waals surface area contributed by atoms with E-state index in [1.54, 1.807) is 0 Å². The Balaban J connectivity index is 1.96. The maximum absolute atomic E-state index is 11.9. The Morgan fingerprint density at radius 3 is 2.50 bits per heavy atom. The molecule has 0 saturated heterocycles. The lowest BCUT2D eigenvalue weighted by Crippen LogP contribution is -2.26. The molecule has 2 aromatic rings. The van der Waals surface area contributed by atoms with E-state index >= 15 is 0 Å². The van der Waals surface area contributed by atoms with Crippen molar-refractivity contribution in [2.45, 2.75) is 0 Å². The topological polar surface area (TPSA) is 117 Å². The second kappa shape index (κ2) is 9.10. The molecule has 0 fully saturated rings. The number of hydrazone groups is 1. The van der Waals surface area contributed by atoms with Gasteiger partial charge in [-0.05, 0) is 50.1 Å². The Kier molecular flexibility index (Phi) is 7.12. The van der Waals surface area contributed by atoms with Crippen LogP contribution in [0.4, 0.5) is 11.4 Å². The fraction of sp³-hybridized carbons (Fsp3) is 0.0667. The second-order valence-corrected chi connectivity index (χ2v) is 7.52. The summed E-state index contributed by atoms with van der Waals surface area (Å²) in [4.78, 5) is 22.0. The average molecular weight is 551 g/mol. The number of nitro benzene ring substituents is 1. The van der Waals surface area contributed by atoms with Crippen molar-refractivity contribution >= 4 is 71.3 Å². The third-order valence-corrected chi connectivity index (χ3v) is 4.76. The highest BCUT2D eigenvalue weighted by molar-refractivity contribution is 9.11. The van der Waals surface area contributed by atoms with Gasteiger partial charge in [0, 0.05) is 31.1 Å². The summed E-state index contributed by atoms with van der Waals surface area (Å²) in [6, 6.07) is 7.16. The van der Waals surface area contributed by atoms with E-state index in [2.05, 4.69) is 63.6 Å². The van der Waals surface area contributed by atoms with Crippen LogP contribution in [-0.2, 0) is 4.79 Å². The van der Waals surface area contributed by atoms with Crippen molar-refractivity contribution in [3.05, 3.63) is 59.4 Å². The molecule has 11 heteroatoms. The number of hydrogen-bond acceptors (Lipinski definition) is 6. The van der Waals surface area contributed by atoms with Gasteiger partial charge in [0.1, 0.15) is 5.75 Å². The molecule has 0 aliphatic heterocycles. The van der Waals surface area contributed by atoms with E-state index in [9.17, 15) is 20.0 Å². The van der Waals surface area contributed by atoms with Crippen LogP contribution in [0.5, 0.6) is 5.75 Å². The first-order valence-corrected chi connectivity index (χ1v) is 9.33. The fourth-order valence-corrected chi connectivity index (χ4v) is 4.39. The number of hydrogen-bond donors (Lipinski definition) is 3. The van der Waals surface area contributed by atoms with Crippen molar-refractivity contribution < 1.29 is 14.8 Å². The van der Waals surface area contributed by atoms with Crippen molar-refractivity contribution in [3.63, 3.8) is 0 Å². The number of halogens is 3. The molecule has 0 aromatic heterocycles. The van der Waals surface area contributed by atoms with E-state index in [4.69, 9.17) is 0 Å². The number of phenolic OH excluding ortho intramolecular Hbond substituents is 1. The SMILES string of the molecule is O=C(CNc1c(Br)cc(Br)cc1Br)N/N=C/c1cc([N+](=O)[O-])ccc1O. The molecule has 0 aliphatic carbocycles. The zero-order valence-electron chi connectivity index (χ0n) is 12.9. The number of phenols is 1. The number of nitrogens with one attached hydrogen (secondary N) is 2. The van der Waals surface area contributed by atoms with Crippen LogP contribution in [0.1, 0.15) is 5.56 Å². The summed E-state index contributed by atoms with van der Waals surface area (Å²) in [5.74, 6) is -0.623. The molecule has 2 rings (SSSR count). The van der Waals surface area contributed by atoms with Crippen LogP contribution in [0.15, 0.2) is 48.9 Å². The molecule has 8 nitrogen and oxygen atoms in total. The summed E-state index contributed by atoms with van der Waals surface area (Å²) in [5.41, 5.74) is 2.90. The average Bonchev–Trinajstić information content (AvgIpc) is 2.55. The quantitative estimate of drug-likeness (QED) is 0.284. The summed E-state index contributed by atoms with van der Waals surface area (Å²) >= 11 is 10.1. The standard InChI is InChI=1S/C15H11Br3N4O4/c16-9-4-11(17)15(12(18)5-9)19-7-14(24)21-20-6-8-3-10(22(25)26)1-2-13(8)23/h1-6,19,23H,7H2,(H,21,24)/b20-6+. The Morgan fingerprint density at radius 1 is 1.23 bits per heavy atom. The molecular weight excluding hydrogens is 540 g/mol. The number of anilines is 1. The molecule has 0 heterocycles. The minimum absolute atomic E-state index is 0.0584. The number of non-ortho nitro benzene ring substituents is 1. The zero-order chi connectivity index (χ0) is 19.3. The van der Waals surface area contributed by atoms with E-state index in [-0.39, 0.29) is 23.5 Å². The maximum atomic E-state index is 11.9. The van der Waals surface area contributed by atoms with Crippen molar-refractivity contribution in [2.75, 3.05) is 11.9 Å². The first-order chi connectivity index (χ1) is 12.3. The van der Waals surface area contributed by atoms with Gasteiger partial charge in [0.05, 0.1) is 23.4 Å². The number of carbonyl (C=O) groups excluding carboxylic acids is 1. The van der Waals surface area contributed by atoms with Gasteiger partial charge in [-0.1, -0.05) is 15.9 Å². The molecule has 0 unspecified atom stereocenters. The zero-order valence-corrected chi connectivity index (χ0v) is 17.6. The van der Waals surface area contributed by atoms with E-state index in [0.717, 1.165) is 25.7 Å². The third-order valence-electron chi connectivity index (χ3n) is 3.05. The van der Waals surface area contributed by atoms with Crippen LogP contribution < -0.4 is 10.7 Å². The summed E-state index contributed by atoms with van der Waals surface area (Å²) < 4.78 is 2.39. The van der Waals surface area contributed by atoms with Gasteiger partial charge in [-0.2, -0.15) is 5.10 Å². The molecule has 0 atom stereocenters. The second-order valence-electron chi connectivity index (χ2n) is 4.89. The minimum Gasteiger partial charge on any atom is -0.507 e. The highest BCUT2D eigenvalue weighted by atomic mass is 79.9. The van der Waals surface area contributed by atoms with Crippen LogP contribution in [-0.4, -0.2) is 28.7 Å². The van der Waals surface area contributed by atoms with Crippen LogP contribution in [0.3, 0.4) is 0 Å². The molecule has 0 radical (unpaired) electrons. The number of carbonyl (C=O) groups is 1. The van der Waals surface area contributed by atoms with Gasteiger partial charge in [0.25, 0.3) is 11.6 Å². The number of benzene rings is 2. The molecule has 0 spiro atoms. The molecule has 0 saturated carbocycles. The van der Waals surface area contributed by atoms with Gasteiger partial charge in [-0.15, -0.1) is 0 Å². The fourth-order valence-electron chi connectivity index (χ4n) is 1.85. The Labute approximate surface area is 173 Å². The van der Waals surface area contributed by atoms with Crippen molar-refractivity contribution in [1.29, 1.82) is 0 Å². The normalized spacial score (nSPS) is 10.7. The molecule has 0 bridgehead atoms. The predicted molar refractivity (Wildman–Crippen MR) is 109 cm³/mol. The highest BCUT2D eigenvalue weighted by Crippen LogP contribution is 2.34. The van der Waals surface area contributed by atoms with E-state index in [1.807, 2.05) is 12.1 Å². The molecule has 1 amide bonds. The Morgan fingerprint density at radius 2 is 1.88 bits per heavy atom. The number of amides is 1. The summed E-state index contributed by atoms with van der Waals surface area (Å²) in [6.07, 6.45) is 1.13. The Bertz CT molecular complexity index is 866.